The Balaban J connectivity index is 1.73. The molecule has 4 heterocycles. The average molecular weight is 297 g/mol. The van der Waals surface area contributed by atoms with Crippen molar-refractivity contribution in [2.75, 3.05) is 13.1 Å². The Morgan fingerprint density at radius 1 is 1.27 bits per heavy atom. The van der Waals surface area contributed by atoms with Gasteiger partial charge in [0.1, 0.15) is 11.4 Å². The van der Waals surface area contributed by atoms with E-state index in [2.05, 4.69) is 20.9 Å². The summed E-state index contributed by atoms with van der Waals surface area (Å²) in [4.78, 5) is 10.2. The van der Waals surface area contributed by atoms with Gasteiger partial charge in [-0.25, -0.2) is 4.98 Å². The largest absolute Gasteiger partial charge is 0.463 e. The van der Waals surface area contributed by atoms with Crippen molar-refractivity contribution < 1.29 is 9.52 Å². The van der Waals surface area contributed by atoms with Crippen LogP contribution in [0.5, 0.6) is 0 Å². The number of likely N-dealkylation sites (tertiary alicyclic amines) is 1. The molecule has 5 heteroatoms. The molecule has 0 amide bonds. The highest BCUT2D eigenvalue weighted by atomic mass is 16.3. The number of piperidine rings is 1. The highest BCUT2D eigenvalue weighted by Gasteiger charge is 2.21. The first-order valence-electron chi connectivity index (χ1n) is 7.71. The fourth-order valence-electron chi connectivity index (χ4n) is 3.17. The van der Waals surface area contributed by atoms with Gasteiger partial charge in [-0.2, -0.15) is 0 Å². The van der Waals surface area contributed by atoms with Gasteiger partial charge < -0.3 is 14.5 Å². The number of aromatic nitrogens is 2. The molecular formula is C17H19N3O2. The molecule has 0 radical (unpaired) electrons. The van der Waals surface area contributed by atoms with Crippen LogP contribution in [-0.2, 0) is 6.54 Å². The van der Waals surface area contributed by atoms with E-state index in [0.717, 1.165) is 55.0 Å². The van der Waals surface area contributed by atoms with Crippen LogP contribution in [0.2, 0.25) is 0 Å². The molecule has 3 aromatic rings. The maximum atomic E-state index is 9.67. The molecule has 2 N–H and O–H groups in total. The van der Waals surface area contributed by atoms with Gasteiger partial charge >= 0.3 is 0 Å². The van der Waals surface area contributed by atoms with Gasteiger partial charge in [-0.15, -0.1) is 0 Å². The summed E-state index contributed by atoms with van der Waals surface area (Å²) in [6.07, 6.45) is 5.03. The fraction of sp³-hybridized carbons (Fsp3) is 0.353. The van der Waals surface area contributed by atoms with Crippen LogP contribution in [0.15, 0.2) is 41.1 Å². The lowest BCUT2D eigenvalue weighted by Crippen LogP contribution is -2.35. The quantitative estimate of drug-likeness (QED) is 0.780. The summed E-state index contributed by atoms with van der Waals surface area (Å²) in [6.45, 7) is 2.69. The maximum Gasteiger partial charge on any atom is 0.150 e. The third kappa shape index (κ3) is 2.42. The number of rotatable bonds is 3. The molecule has 3 aromatic heterocycles. The standard InChI is InChI=1S/C17H19N3O2/c21-12-5-8-20(9-6-12)11-14-13-3-1-7-18-17(13)19-16(14)15-4-2-10-22-15/h1-4,7,10,12,21H,5-6,8-9,11H2,(H,18,19). The van der Waals surface area contributed by atoms with Gasteiger partial charge in [-0.1, -0.05) is 0 Å². The summed E-state index contributed by atoms with van der Waals surface area (Å²) >= 11 is 0. The van der Waals surface area contributed by atoms with E-state index in [1.54, 1.807) is 12.5 Å². The van der Waals surface area contributed by atoms with Gasteiger partial charge in [-0.05, 0) is 37.1 Å². The lowest BCUT2D eigenvalue weighted by Gasteiger charge is -2.29. The average Bonchev–Trinajstić information content (AvgIpc) is 3.18. The van der Waals surface area contributed by atoms with Gasteiger partial charge in [0.15, 0.2) is 0 Å². The van der Waals surface area contributed by atoms with Crippen LogP contribution in [0.4, 0.5) is 0 Å². The number of pyridine rings is 1. The van der Waals surface area contributed by atoms with Crippen molar-refractivity contribution in [2.24, 2.45) is 0 Å². The van der Waals surface area contributed by atoms with E-state index in [0.29, 0.717) is 0 Å². The van der Waals surface area contributed by atoms with Gasteiger partial charge in [-0.3, -0.25) is 4.90 Å². The highest BCUT2D eigenvalue weighted by molar-refractivity contribution is 5.87. The Bertz CT molecular complexity index is 755. The van der Waals surface area contributed by atoms with Crippen LogP contribution in [0.1, 0.15) is 18.4 Å². The molecule has 1 aliphatic rings. The first-order chi connectivity index (χ1) is 10.8. The van der Waals surface area contributed by atoms with Crippen molar-refractivity contribution in [2.45, 2.75) is 25.5 Å². The number of hydrogen-bond donors (Lipinski definition) is 2. The molecule has 1 aliphatic heterocycles. The Morgan fingerprint density at radius 2 is 2.14 bits per heavy atom. The summed E-state index contributed by atoms with van der Waals surface area (Å²) in [5.41, 5.74) is 3.11. The molecule has 0 aromatic carbocycles. The molecule has 0 saturated carbocycles. The van der Waals surface area contributed by atoms with Crippen LogP contribution in [0.25, 0.3) is 22.5 Å². The number of aliphatic hydroxyl groups excluding tert-OH is 1. The molecule has 22 heavy (non-hydrogen) atoms. The van der Waals surface area contributed by atoms with Crippen molar-refractivity contribution in [3.05, 3.63) is 42.3 Å². The van der Waals surface area contributed by atoms with E-state index in [9.17, 15) is 5.11 Å². The summed E-state index contributed by atoms with van der Waals surface area (Å²) < 4.78 is 5.58. The first kappa shape index (κ1) is 13.5. The summed E-state index contributed by atoms with van der Waals surface area (Å²) in [5, 5.41) is 10.8. The zero-order valence-electron chi connectivity index (χ0n) is 12.3. The summed E-state index contributed by atoms with van der Waals surface area (Å²) in [6, 6.07) is 7.93. The van der Waals surface area contributed by atoms with Gasteiger partial charge in [0, 0.05) is 36.8 Å². The predicted octanol–water partition coefficient (Wildman–Crippen LogP) is 2.78. The lowest BCUT2D eigenvalue weighted by molar-refractivity contribution is 0.0795. The van der Waals surface area contributed by atoms with Crippen LogP contribution in [0, 0.1) is 0 Å². The van der Waals surface area contributed by atoms with Gasteiger partial charge in [0.2, 0.25) is 0 Å². The zero-order chi connectivity index (χ0) is 14.9. The number of furan rings is 1. The summed E-state index contributed by atoms with van der Waals surface area (Å²) in [5.74, 6) is 0.838. The van der Waals surface area contributed by atoms with Crippen molar-refractivity contribution in [3.8, 4) is 11.5 Å². The number of nitrogens with one attached hydrogen (secondary N) is 1. The van der Waals surface area contributed by atoms with E-state index in [1.807, 2.05) is 18.2 Å². The molecule has 0 spiro atoms. The number of aromatic amines is 1. The predicted molar refractivity (Wildman–Crippen MR) is 84.3 cm³/mol. The third-order valence-electron chi connectivity index (χ3n) is 4.38. The number of H-pyrrole nitrogens is 1. The minimum absolute atomic E-state index is 0.148. The summed E-state index contributed by atoms with van der Waals surface area (Å²) in [7, 11) is 0. The van der Waals surface area contributed by atoms with E-state index in [4.69, 9.17) is 4.42 Å². The van der Waals surface area contributed by atoms with Crippen molar-refractivity contribution in [1.82, 2.24) is 14.9 Å². The Morgan fingerprint density at radius 3 is 2.91 bits per heavy atom. The van der Waals surface area contributed by atoms with Crippen LogP contribution >= 0.6 is 0 Å². The zero-order valence-corrected chi connectivity index (χ0v) is 12.3. The maximum absolute atomic E-state index is 9.67. The molecule has 5 nitrogen and oxygen atoms in total. The molecule has 4 rings (SSSR count). The number of nitrogens with zero attached hydrogens (tertiary/aromatic N) is 2. The molecular weight excluding hydrogens is 278 g/mol. The second-order valence-corrected chi connectivity index (χ2v) is 5.86. The van der Waals surface area contributed by atoms with E-state index in [-0.39, 0.29) is 6.10 Å². The molecule has 1 fully saturated rings. The topological polar surface area (TPSA) is 65.3 Å². The van der Waals surface area contributed by atoms with Gasteiger partial charge in [0.05, 0.1) is 18.1 Å². The normalized spacial score (nSPS) is 17.3. The second-order valence-electron chi connectivity index (χ2n) is 5.86. The Hall–Kier alpha value is -2.11. The highest BCUT2D eigenvalue weighted by Crippen LogP contribution is 2.31. The number of hydrogen-bond acceptors (Lipinski definition) is 4. The van der Waals surface area contributed by atoms with Crippen molar-refractivity contribution in [1.29, 1.82) is 0 Å². The van der Waals surface area contributed by atoms with E-state index < -0.39 is 0 Å². The second kappa shape index (κ2) is 5.59. The van der Waals surface area contributed by atoms with Crippen LogP contribution in [-0.4, -0.2) is 39.2 Å². The fourth-order valence-corrected chi connectivity index (χ4v) is 3.17. The van der Waals surface area contributed by atoms with E-state index in [1.165, 1.54) is 5.56 Å². The number of fused-ring (bicyclic) bond motifs is 1. The third-order valence-corrected chi connectivity index (χ3v) is 4.38. The molecule has 0 bridgehead atoms. The van der Waals surface area contributed by atoms with Crippen LogP contribution < -0.4 is 0 Å². The molecule has 1 saturated heterocycles. The molecule has 114 valence electrons. The molecule has 0 unspecified atom stereocenters. The first-order valence-corrected chi connectivity index (χ1v) is 7.71. The minimum Gasteiger partial charge on any atom is -0.463 e. The minimum atomic E-state index is -0.148. The number of aliphatic hydroxyl groups is 1. The van der Waals surface area contributed by atoms with E-state index >= 15 is 0 Å². The lowest BCUT2D eigenvalue weighted by atomic mass is 10.1. The van der Waals surface area contributed by atoms with Crippen LogP contribution in [0.3, 0.4) is 0 Å². The van der Waals surface area contributed by atoms with Gasteiger partial charge in [0.25, 0.3) is 0 Å². The van der Waals surface area contributed by atoms with Crippen molar-refractivity contribution >= 4 is 11.0 Å². The molecule has 0 atom stereocenters. The SMILES string of the molecule is OC1CCN(Cc2c(-c3ccco3)[nH]c3ncccc23)CC1. The monoisotopic (exact) mass is 297 g/mol. The Kier molecular flexibility index (Phi) is 3.44. The van der Waals surface area contributed by atoms with Crippen molar-refractivity contribution in [3.63, 3.8) is 0 Å². The molecule has 0 aliphatic carbocycles. The Labute approximate surface area is 128 Å². The smallest absolute Gasteiger partial charge is 0.150 e.